The van der Waals surface area contributed by atoms with Gasteiger partial charge in [0.05, 0.1) is 18.7 Å². The second-order valence-electron chi connectivity index (χ2n) is 5.26. The molecule has 1 unspecified atom stereocenters. The number of hydrogen-bond donors (Lipinski definition) is 2. The monoisotopic (exact) mass is 257 g/mol. The van der Waals surface area contributed by atoms with Gasteiger partial charge in [0.1, 0.15) is 11.5 Å². The average Bonchev–Trinajstić information content (AvgIpc) is 3.01. The molecule has 0 fully saturated rings. The first-order valence-corrected chi connectivity index (χ1v) is 6.73. The Kier molecular flexibility index (Phi) is 3.17. The Bertz CT molecular complexity index is 576. The highest BCUT2D eigenvalue weighted by molar-refractivity contribution is 5.38. The molecule has 0 bridgehead atoms. The highest BCUT2D eigenvalue weighted by Crippen LogP contribution is 2.36. The Morgan fingerprint density at radius 1 is 1.26 bits per heavy atom. The van der Waals surface area contributed by atoms with Crippen LogP contribution in [0.3, 0.4) is 0 Å². The molecule has 1 aromatic carbocycles. The van der Waals surface area contributed by atoms with Crippen LogP contribution in [0.2, 0.25) is 0 Å². The van der Waals surface area contributed by atoms with Crippen molar-refractivity contribution in [2.75, 3.05) is 6.61 Å². The fraction of sp³-hybridized carbons (Fsp3) is 0.375. The van der Waals surface area contributed by atoms with Crippen LogP contribution < -0.4 is 5.32 Å². The van der Waals surface area contributed by atoms with Crippen molar-refractivity contribution in [2.45, 2.75) is 31.8 Å². The molecule has 0 saturated carbocycles. The molecule has 2 aromatic rings. The highest BCUT2D eigenvalue weighted by Gasteiger charge is 2.37. The molecule has 0 radical (unpaired) electrons. The van der Waals surface area contributed by atoms with Crippen LogP contribution in [0.25, 0.3) is 0 Å². The maximum Gasteiger partial charge on any atom is 0.117 e. The molecule has 1 atom stereocenters. The fourth-order valence-corrected chi connectivity index (χ4v) is 2.93. The summed E-state index contributed by atoms with van der Waals surface area (Å²) in [6, 6.07) is 12.3. The van der Waals surface area contributed by atoms with Gasteiger partial charge in [0, 0.05) is 0 Å². The largest absolute Gasteiger partial charge is 0.465 e. The fourth-order valence-electron chi connectivity index (χ4n) is 2.93. The van der Waals surface area contributed by atoms with Gasteiger partial charge in [-0.15, -0.1) is 0 Å². The number of fused-ring (bicyclic) bond motifs is 1. The van der Waals surface area contributed by atoms with Crippen molar-refractivity contribution in [1.82, 2.24) is 5.32 Å². The van der Waals surface area contributed by atoms with Crippen LogP contribution in [0.4, 0.5) is 0 Å². The van der Waals surface area contributed by atoms with E-state index in [0.717, 1.165) is 24.4 Å². The molecule has 0 spiro atoms. The molecular formula is C16H19NO2. The standard InChI is InChI=1S/C16H19NO2/c1-12-6-7-14(19-12)10-17-16(11-18)9-8-13-4-2-3-5-15(13)16/h2-7,17-18H,8-11H2,1H3. The van der Waals surface area contributed by atoms with Crippen LogP contribution in [0.15, 0.2) is 40.8 Å². The Balaban J connectivity index is 1.81. The third-order valence-corrected chi connectivity index (χ3v) is 4.02. The van der Waals surface area contributed by atoms with E-state index >= 15 is 0 Å². The third-order valence-electron chi connectivity index (χ3n) is 4.02. The Morgan fingerprint density at radius 3 is 2.84 bits per heavy atom. The molecule has 19 heavy (non-hydrogen) atoms. The second kappa shape index (κ2) is 4.83. The number of benzene rings is 1. The molecule has 1 aliphatic carbocycles. The lowest BCUT2D eigenvalue weighted by atomic mass is 9.92. The van der Waals surface area contributed by atoms with Gasteiger partial charge in [-0.2, -0.15) is 0 Å². The maximum absolute atomic E-state index is 9.85. The minimum absolute atomic E-state index is 0.115. The first-order valence-electron chi connectivity index (χ1n) is 6.73. The smallest absolute Gasteiger partial charge is 0.117 e. The SMILES string of the molecule is Cc1ccc(CNC2(CO)CCc3ccccc32)o1. The zero-order chi connectivity index (χ0) is 13.3. The molecule has 3 nitrogen and oxygen atoms in total. The summed E-state index contributed by atoms with van der Waals surface area (Å²) in [5.74, 6) is 1.83. The third kappa shape index (κ3) is 2.20. The van der Waals surface area contributed by atoms with Gasteiger partial charge in [-0.1, -0.05) is 24.3 Å². The number of aliphatic hydroxyl groups excluding tert-OH is 1. The normalized spacial score (nSPS) is 21.6. The highest BCUT2D eigenvalue weighted by atomic mass is 16.3. The van der Waals surface area contributed by atoms with Gasteiger partial charge in [0.25, 0.3) is 0 Å². The molecule has 1 heterocycles. The van der Waals surface area contributed by atoms with Gasteiger partial charge in [0.15, 0.2) is 0 Å². The summed E-state index contributed by atoms with van der Waals surface area (Å²) in [5, 5.41) is 13.3. The topological polar surface area (TPSA) is 45.4 Å². The zero-order valence-corrected chi connectivity index (χ0v) is 11.1. The van der Waals surface area contributed by atoms with Gasteiger partial charge in [-0.05, 0) is 43.0 Å². The van der Waals surface area contributed by atoms with E-state index in [2.05, 4.69) is 23.5 Å². The van der Waals surface area contributed by atoms with E-state index < -0.39 is 0 Å². The van der Waals surface area contributed by atoms with E-state index in [1.54, 1.807) is 0 Å². The van der Waals surface area contributed by atoms with E-state index in [-0.39, 0.29) is 12.1 Å². The van der Waals surface area contributed by atoms with Gasteiger partial charge in [0.2, 0.25) is 0 Å². The first kappa shape index (κ1) is 12.5. The molecule has 100 valence electrons. The summed E-state index contributed by atoms with van der Waals surface area (Å²) in [5.41, 5.74) is 2.23. The van der Waals surface area contributed by atoms with Crippen molar-refractivity contribution in [2.24, 2.45) is 0 Å². The molecule has 2 N–H and O–H groups in total. The van der Waals surface area contributed by atoms with E-state index in [0.29, 0.717) is 6.54 Å². The van der Waals surface area contributed by atoms with Gasteiger partial charge < -0.3 is 9.52 Å². The molecule has 1 aliphatic rings. The Labute approximate surface area is 113 Å². The number of aryl methyl sites for hydroxylation is 2. The average molecular weight is 257 g/mol. The van der Waals surface area contributed by atoms with E-state index in [9.17, 15) is 5.11 Å². The first-order chi connectivity index (χ1) is 9.23. The van der Waals surface area contributed by atoms with Gasteiger partial charge in [-0.3, -0.25) is 5.32 Å². The summed E-state index contributed by atoms with van der Waals surface area (Å²) in [6.07, 6.45) is 1.95. The number of nitrogens with one attached hydrogen (secondary N) is 1. The zero-order valence-electron chi connectivity index (χ0n) is 11.1. The molecule has 3 rings (SSSR count). The van der Waals surface area contributed by atoms with Crippen LogP contribution in [-0.2, 0) is 18.5 Å². The van der Waals surface area contributed by atoms with E-state index in [4.69, 9.17) is 4.42 Å². The molecular weight excluding hydrogens is 238 g/mol. The summed E-state index contributed by atoms with van der Waals surface area (Å²) in [6.45, 7) is 2.70. The lowest BCUT2D eigenvalue weighted by Gasteiger charge is -2.29. The predicted molar refractivity (Wildman–Crippen MR) is 73.8 cm³/mol. The van der Waals surface area contributed by atoms with Gasteiger partial charge in [-0.25, -0.2) is 0 Å². The van der Waals surface area contributed by atoms with Crippen molar-refractivity contribution in [3.8, 4) is 0 Å². The number of hydrogen-bond acceptors (Lipinski definition) is 3. The molecule has 0 amide bonds. The summed E-state index contributed by atoms with van der Waals surface area (Å²) in [7, 11) is 0. The number of furan rings is 1. The maximum atomic E-state index is 9.85. The number of aliphatic hydroxyl groups is 1. The van der Waals surface area contributed by atoms with Crippen LogP contribution >= 0.6 is 0 Å². The van der Waals surface area contributed by atoms with Crippen LogP contribution in [-0.4, -0.2) is 11.7 Å². The van der Waals surface area contributed by atoms with Crippen molar-refractivity contribution in [3.63, 3.8) is 0 Å². The minimum atomic E-state index is -0.322. The quantitative estimate of drug-likeness (QED) is 0.884. The van der Waals surface area contributed by atoms with Crippen LogP contribution in [0.5, 0.6) is 0 Å². The summed E-state index contributed by atoms with van der Waals surface area (Å²) in [4.78, 5) is 0. The molecule has 3 heteroatoms. The van der Waals surface area contributed by atoms with Crippen molar-refractivity contribution >= 4 is 0 Å². The Morgan fingerprint density at radius 2 is 2.11 bits per heavy atom. The lowest BCUT2D eigenvalue weighted by molar-refractivity contribution is 0.156. The number of rotatable bonds is 4. The van der Waals surface area contributed by atoms with Crippen molar-refractivity contribution in [1.29, 1.82) is 0 Å². The van der Waals surface area contributed by atoms with Gasteiger partial charge >= 0.3 is 0 Å². The summed E-state index contributed by atoms with van der Waals surface area (Å²) >= 11 is 0. The van der Waals surface area contributed by atoms with Crippen LogP contribution in [0, 0.1) is 6.92 Å². The molecule has 1 aromatic heterocycles. The molecule has 0 saturated heterocycles. The van der Waals surface area contributed by atoms with Crippen LogP contribution in [0.1, 0.15) is 29.1 Å². The van der Waals surface area contributed by atoms with E-state index in [1.165, 1.54) is 11.1 Å². The van der Waals surface area contributed by atoms with Crippen molar-refractivity contribution in [3.05, 3.63) is 59.0 Å². The van der Waals surface area contributed by atoms with E-state index in [1.807, 2.05) is 25.1 Å². The Hall–Kier alpha value is -1.58. The lowest BCUT2D eigenvalue weighted by Crippen LogP contribution is -2.43. The summed E-state index contributed by atoms with van der Waals surface area (Å²) < 4.78 is 5.58. The minimum Gasteiger partial charge on any atom is -0.465 e. The molecule has 0 aliphatic heterocycles. The second-order valence-corrected chi connectivity index (χ2v) is 5.26. The van der Waals surface area contributed by atoms with Crippen molar-refractivity contribution < 1.29 is 9.52 Å². The predicted octanol–water partition coefficient (Wildman–Crippen LogP) is 2.51.